The van der Waals surface area contributed by atoms with Gasteiger partial charge in [-0.2, -0.15) is 0 Å². The van der Waals surface area contributed by atoms with Crippen LogP contribution >= 0.6 is 0 Å². The molecule has 128 valence electrons. The Kier molecular flexibility index (Phi) is 4.75. The summed E-state index contributed by atoms with van der Waals surface area (Å²) in [5, 5.41) is 2.85. The van der Waals surface area contributed by atoms with Crippen LogP contribution in [0.3, 0.4) is 0 Å². The Morgan fingerprint density at radius 3 is 3.17 bits per heavy atom. The van der Waals surface area contributed by atoms with Gasteiger partial charge in [0, 0.05) is 26.1 Å². The highest BCUT2D eigenvalue weighted by Crippen LogP contribution is 2.13. The number of hydrogen-bond acceptors (Lipinski definition) is 4. The highest BCUT2D eigenvalue weighted by Gasteiger charge is 2.23. The minimum atomic E-state index is -0.339. The van der Waals surface area contributed by atoms with Crippen molar-refractivity contribution in [3.8, 4) is 0 Å². The third kappa shape index (κ3) is 3.88. The van der Waals surface area contributed by atoms with Crippen LogP contribution in [0.15, 0.2) is 18.2 Å². The van der Waals surface area contributed by atoms with Crippen LogP contribution in [0.1, 0.15) is 18.7 Å². The number of carbonyl (C=O) groups excluding carboxylic acids is 2. The first kappa shape index (κ1) is 16.4. The van der Waals surface area contributed by atoms with Crippen LogP contribution in [0.4, 0.5) is 4.39 Å². The lowest BCUT2D eigenvalue weighted by atomic mass is 10.1. The Bertz CT molecular complexity index is 761. The minimum absolute atomic E-state index is 0.0435. The number of nitrogens with zero attached hydrogens (tertiary/aromatic N) is 2. The standard InChI is InChI=1S/C16H19FN4O3/c1-21-7-11(3-5-16(21)23)18-15(22)9-24-8-14-19-12-4-2-10(17)6-13(12)20-14/h2,4,6,11H,3,5,7-9H2,1H3,(H,18,22)(H,19,20). The molecule has 2 N–H and O–H groups in total. The van der Waals surface area contributed by atoms with E-state index in [1.54, 1.807) is 18.0 Å². The number of nitrogens with one attached hydrogen (secondary N) is 2. The summed E-state index contributed by atoms with van der Waals surface area (Å²) < 4.78 is 18.5. The lowest BCUT2D eigenvalue weighted by Crippen LogP contribution is -2.49. The third-order valence-corrected chi connectivity index (χ3v) is 3.96. The highest BCUT2D eigenvalue weighted by atomic mass is 19.1. The maximum Gasteiger partial charge on any atom is 0.246 e. The predicted molar refractivity (Wildman–Crippen MR) is 84.5 cm³/mol. The van der Waals surface area contributed by atoms with Crippen molar-refractivity contribution in [2.75, 3.05) is 20.2 Å². The monoisotopic (exact) mass is 334 g/mol. The predicted octanol–water partition coefficient (Wildman–Crippen LogP) is 0.956. The number of imidazole rings is 1. The van der Waals surface area contributed by atoms with E-state index in [0.717, 1.165) is 0 Å². The van der Waals surface area contributed by atoms with Gasteiger partial charge in [0.05, 0.1) is 11.0 Å². The molecule has 1 aliphatic rings. The van der Waals surface area contributed by atoms with Gasteiger partial charge in [0.2, 0.25) is 11.8 Å². The lowest BCUT2D eigenvalue weighted by Gasteiger charge is -2.30. The molecule has 1 unspecified atom stereocenters. The van der Waals surface area contributed by atoms with Crippen LogP contribution in [-0.4, -0.2) is 52.9 Å². The number of H-pyrrole nitrogens is 1. The van der Waals surface area contributed by atoms with E-state index in [1.165, 1.54) is 12.1 Å². The molecule has 1 saturated heterocycles. The Morgan fingerprint density at radius 1 is 1.54 bits per heavy atom. The molecule has 2 heterocycles. The van der Waals surface area contributed by atoms with Gasteiger partial charge in [-0.25, -0.2) is 9.37 Å². The summed E-state index contributed by atoms with van der Waals surface area (Å²) in [5.41, 5.74) is 1.24. The number of aromatic amines is 1. The highest BCUT2D eigenvalue weighted by molar-refractivity contribution is 5.79. The SMILES string of the molecule is CN1CC(NC(=O)COCc2nc3ccc(F)cc3[nH]2)CCC1=O. The van der Waals surface area contributed by atoms with E-state index in [-0.39, 0.29) is 36.9 Å². The van der Waals surface area contributed by atoms with Crippen LogP contribution in [0, 0.1) is 5.82 Å². The van der Waals surface area contributed by atoms with Gasteiger partial charge in [0.25, 0.3) is 0 Å². The summed E-state index contributed by atoms with van der Waals surface area (Å²) >= 11 is 0. The second kappa shape index (κ2) is 6.96. The quantitative estimate of drug-likeness (QED) is 0.852. The molecule has 1 aromatic carbocycles. The molecule has 2 aromatic rings. The largest absolute Gasteiger partial charge is 0.364 e. The number of hydrogen-bond donors (Lipinski definition) is 2. The molecule has 0 radical (unpaired) electrons. The van der Waals surface area contributed by atoms with Gasteiger partial charge in [-0.05, 0) is 24.6 Å². The van der Waals surface area contributed by atoms with Crippen molar-refractivity contribution in [1.82, 2.24) is 20.2 Å². The zero-order valence-corrected chi connectivity index (χ0v) is 13.3. The number of benzene rings is 1. The number of rotatable bonds is 5. The average molecular weight is 334 g/mol. The Labute approximate surface area is 138 Å². The molecule has 1 atom stereocenters. The Balaban J connectivity index is 1.45. The van der Waals surface area contributed by atoms with Gasteiger partial charge in [0.15, 0.2) is 0 Å². The minimum Gasteiger partial charge on any atom is -0.364 e. The summed E-state index contributed by atoms with van der Waals surface area (Å²) in [5.74, 6) is 0.0586. The number of ether oxygens (including phenoxy) is 1. The van der Waals surface area contributed by atoms with E-state index < -0.39 is 0 Å². The fourth-order valence-corrected chi connectivity index (χ4v) is 2.74. The fourth-order valence-electron chi connectivity index (χ4n) is 2.74. The normalized spacial score (nSPS) is 18.2. The number of halogens is 1. The molecule has 1 aromatic heterocycles. The van der Waals surface area contributed by atoms with Gasteiger partial charge < -0.3 is 19.9 Å². The van der Waals surface area contributed by atoms with Crippen molar-refractivity contribution in [3.05, 3.63) is 29.8 Å². The summed E-state index contributed by atoms with van der Waals surface area (Å²) in [6.07, 6.45) is 1.09. The molecule has 3 rings (SSSR count). The maximum atomic E-state index is 13.1. The van der Waals surface area contributed by atoms with Crippen LogP contribution in [-0.2, 0) is 20.9 Å². The van der Waals surface area contributed by atoms with Crippen molar-refractivity contribution in [1.29, 1.82) is 0 Å². The summed E-state index contributed by atoms with van der Waals surface area (Å²) in [4.78, 5) is 32.1. The second-order valence-corrected chi connectivity index (χ2v) is 5.92. The molecule has 0 aliphatic carbocycles. The van der Waals surface area contributed by atoms with Gasteiger partial charge in [-0.15, -0.1) is 0 Å². The number of piperidine rings is 1. The number of aromatic nitrogens is 2. The van der Waals surface area contributed by atoms with Gasteiger partial charge in [0.1, 0.15) is 24.9 Å². The second-order valence-electron chi connectivity index (χ2n) is 5.92. The molecule has 0 spiro atoms. The summed E-state index contributed by atoms with van der Waals surface area (Å²) in [7, 11) is 1.72. The first-order chi connectivity index (χ1) is 11.5. The van der Waals surface area contributed by atoms with Crippen LogP contribution in [0.2, 0.25) is 0 Å². The third-order valence-electron chi connectivity index (χ3n) is 3.96. The number of carbonyl (C=O) groups is 2. The van der Waals surface area contributed by atoms with Gasteiger partial charge >= 0.3 is 0 Å². The first-order valence-electron chi connectivity index (χ1n) is 7.76. The van der Waals surface area contributed by atoms with E-state index in [4.69, 9.17) is 4.74 Å². The fraction of sp³-hybridized carbons (Fsp3) is 0.438. The van der Waals surface area contributed by atoms with Crippen molar-refractivity contribution < 1.29 is 18.7 Å². The molecule has 1 fully saturated rings. The van der Waals surface area contributed by atoms with Crippen molar-refractivity contribution in [2.45, 2.75) is 25.5 Å². The smallest absolute Gasteiger partial charge is 0.246 e. The molecule has 2 amide bonds. The number of amides is 2. The zero-order valence-electron chi connectivity index (χ0n) is 13.3. The molecule has 0 saturated carbocycles. The van der Waals surface area contributed by atoms with Crippen molar-refractivity contribution >= 4 is 22.8 Å². The molecule has 0 bridgehead atoms. The maximum absolute atomic E-state index is 13.1. The topological polar surface area (TPSA) is 87.3 Å². The van der Waals surface area contributed by atoms with Gasteiger partial charge in [-0.3, -0.25) is 9.59 Å². The molecule has 1 aliphatic heterocycles. The number of likely N-dealkylation sites (N-methyl/N-ethyl adjacent to an activating group) is 1. The van der Waals surface area contributed by atoms with Crippen molar-refractivity contribution in [2.24, 2.45) is 0 Å². The first-order valence-corrected chi connectivity index (χ1v) is 7.76. The molecule has 8 heteroatoms. The van der Waals surface area contributed by atoms with Crippen molar-refractivity contribution in [3.63, 3.8) is 0 Å². The van der Waals surface area contributed by atoms with E-state index >= 15 is 0 Å². The molecule has 7 nitrogen and oxygen atoms in total. The van der Waals surface area contributed by atoms with E-state index in [9.17, 15) is 14.0 Å². The summed E-state index contributed by atoms with van der Waals surface area (Å²) in [6.45, 7) is 0.548. The zero-order chi connectivity index (χ0) is 17.1. The summed E-state index contributed by atoms with van der Waals surface area (Å²) in [6, 6.07) is 4.24. The lowest BCUT2D eigenvalue weighted by molar-refractivity contribution is -0.134. The van der Waals surface area contributed by atoms with Crippen LogP contribution in [0.5, 0.6) is 0 Å². The average Bonchev–Trinajstić information content (AvgIpc) is 2.92. The number of likely N-dealkylation sites (tertiary alicyclic amines) is 1. The van der Waals surface area contributed by atoms with Crippen LogP contribution < -0.4 is 5.32 Å². The molecular formula is C16H19FN4O3. The van der Waals surface area contributed by atoms with E-state index in [2.05, 4.69) is 15.3 Å². The number of fused-ring (bicyclic) bond motifs is 1. The molecular weight excluding hydrogens is 315 g/mol. The Hall–Kier alpha value is -2.48. The van der Waals surface area contributed by atoms with E-state index in [1.807, 2.05) is 0 Å². The molecule has 24 heavy (non-hydrogen) atoms. The Morgan fingerprint density at radius 2 is 2.38 bits per heavy atom. The van der Waals surface area contributed by atoms with E-state index in [0.29, 0.717) is 36.2 Å². The van der Waals surface area contributed by atoms with Crippen LogP contribution in [0.25, 0.3) is 11.0 Å². The van der Waals surface area contributed by atoms with Gasteiger partial charge in [-0.1, -0.05) is 0 Å².